The first-order valence-electron chi connectivity index (χ1n) is 11.2. The number of aryl methyl sites for hydroxylation is 2. The Kier molecular flexibility index (Phi) is 6.11. The van der Waals surface area contributed by atoms with Crippen molar-refractivity contribution < 1.29 is 4.79 Å². The average molecular weight is 364 g/mol. The second-order valence-electron chi connectivity index (χ2n) is 8.54. The molecule has 144 valence electrons. The summed E-state index contributed by atoms with van der Waals surface area (Å²) in [6, 6.07) is 11.0. The van der Waals surface area contributed by atoms with Crippen LogP contribution in [0.1, 0.15) is 92.1 Å². The summed E-state index contributed by atoms with van der Waals surface area (Å²) >= 11 is 0. The molecule has 27 heavy (non-hydrogen) atoms. The van der Waals surface area contributed by atoms with Crippen LogP contribution in [0.4, 0.5) is 0 Å². The van der Waals surface area contributed by atoms with Crippen LogP contribution in [0.15, 0.2) is 30.3 Å². The molecule has 2 nitrogen and oxygen atoms in total. The Morgan fingerprint density at radius 3 is 2.00 bits per heavy atom. The third-order valence-electron chi connectivity index (χ3n) is 6.56. The van der Waals surface area contributed by atoms with Crippen molar-refractivity contribution in [3.05, 3.63) is 47.0 Å². The van der Waals surface area contributed by atoms with Gasteiger partial charge >= 0.3 is 0 Å². The van der Waals surface area contributed by atoms with E-state index in [1.807, 2.05) is 0 Å². The predicted octanol–water partition coefficient (Wildman–Crippen LogP) is 6.34. The lowest BCUT2D eigenvalue weighted by Crippen LogP contribution is -2.35. The van der Waals surface area contributed by atoms with Gasteiger partial charge in [0.05, 0.1) is 0 Å². The zero-order valence-electron chi connectivity index (χ0n) is 16.6. The standard InChI is InChI=1S/C25H33NO/c27-25(26-21-12-8-6-4-2-1-3-5-7-9-13-21)23-18-17-20-16-15-19-11-10-14-22(23)24(19)20/h10-11,14,17-18,21H,1-9,12-13,15-16H2,(H,26,27). The molecule has 1 fully saturated rings. The summed E-state index contributed by atoms with van der Waals surface area (Å²) in [6.45, 7) is 0. The molecule has 0 radical (unpaired) electrons. The van der Waals surface area contributed by atoms with Gasteiger partial charge in [-0.25, -0.2) is 0 Å². The maximum atomic E-state index is 13.1. The van der Waals surface area contributed by atoms with E-state index in [-0.39, 0.29) is 5.91 Å². The Labute approximate surface area is 163 Å². The Morgan fingerprint density at radius 1 is 0.741 bits per heavy atom. The van der Waals surface area contributed by atoms with Gasteiger partial charge in [0.1, 0.15) is 0 Å². The van der Waals surface area contributed by atoms with Gasteiger partial charge in [0.25, 0.3) is 5.91 Å². The number of hydrogen-bond acceptors (Lipinski definition) is 1. The maximum absolute atomic E-state index is 13.1. The van der Waals surface area contributed by atoms with Crippen molar-refractivity contribution in [3.8, 4) is 0 Å². The largest absolute Gasteiger partial charge is 0.349 e. The number of amides is 1. The van der Waals surface area contributed by atoms with E-state index < -0.39 is 0 Å². The van der Waals surface area contributed by atoms with E-state index >= 15 is 0 Å². The molecular weight excluding hydrogens is 330 g/mol. The van der Waals surface area contributed by atoms with Gasteiger partial charge in [0.15, 0.2) is 0 Å². The molecule has 0 atom stereocenters. The number of nitrogens with one attached hydrogen (secondary N) is 1. The Hall–Kier alpha value is -1.83. The van der Waals surface area contributed by atoms with Gasteiger partial charge in [-0.2, -0.15) is 0 Å². The van der Waals surface area contributed by atoms with E-state index in [1.165, 1.54) is 74.3 Å². The van der Waals surface area contributed by atoms with Crippen molar-refractivity contribution in [2.75, 3.05) is 0 Å². The highest BCUT2D eigenvalue weighted by Gasteiger charge is 2.20. The molecule has 0 aromatic heterocycles. The molecule has 2 aromatic rings. The lowest BCUT2D eigenvalue weighted by molar-refractivity contribution is 0.0933. The van der Waals surface area contributed by atoms with Crippen LogP contribution in [0.3, 0.4) is 0 Å². The second-order valence-corrected chi connectivity index (χ2v) is 8.54. The van der Waals surface area contributed by atoms with Crippen molar-refractivity contribution in [2.45, 2.75) is 89.5 Å². The van der Waals surface area contributed by atoms with Crippen molar-refractivity contribution in [2.24, 2.45) is 0 Å². The number of carbonyl (C=O) groups is 1. The number of rotatable bonds is 2. The molecule has 4 rings (SSSR count). The lowest BCUT2D eigenvalue weighted by atomic mass is 9.96. The molecule has 1 saturated carbocycles. The number of hydrogen-bond donors (Lipinski definition) is 1. The van der Waals surface area contributed by atoms with E-state index in [0.29, 0.717) is 6.04 Å². The highest BCUT2D eigenvalue weighted by Crippen LogP contribution is 2.32. The van der Waals surface area contributed by atoms with E-state index in [0.717, 1.165) is 36.6 Å². The minimum absolute atomic E-state index is 0.127. The van der Waals surface area contributed by atoms with Crippen molar-refractivity contribution in [1.82, 2.24) is 5.32 Å². The first-order valence-corrected chi connectivity index (χ1v) is 11.2. The van der Waals surface area contributed by atoms with Gasteiger partial charge in [0, 0.05) is 11.6 Å². The average Bonchev–Trinajstić information content (AvgIpc) is 3.09. The summed E-state index contributed by atoms with van der Waals surface area (Å²) in [7, 11) is 0. The Balaban J connectivity index is 1.48. The van der Waals surface area contributed by atoms with Gasteiger partial charge in [-0.1, -0.05) is 82.1 Å². The fourth-order valence-corrected chi connectivity index (χ4v) is 5.02. The first kappa shape index (κ1) is 18.5. The van der Waals surface area contributed by atoms with Gasteiger partial charge in [0.2, 0.25) is 0 Å². The van der Waals surface area contributed by atoms with E-state index in [4.69, 9.17) is 0 Å². The zero-order chi connectivity index (χ0) is 18.5. The fraction of sp³-hybridized carbons (Fsp3) is 0.560. The first-order chi connectivity index (χ1) is 13.3. The third-order valence-corrected chi connectivity index (χ3v) is 6.56. The van der Waals surface area contributed by atoms with E-state index in [9.17, 15) is 4.79 Å². The van der Waals surface area contributed by atoms with Gasteiger partial charge in [-0.15, -0.1) is 0 Å². The van der Waals surface area contributed by atoms with Crippen LogP contribution >= 0.6 is 0 Å². The van der Waals surface area contributed by atoms with Crippen molar-refractivity contribution >= 4 is 16.7 Å². The summed E-state index contributed by atoms with van der Waals surface area (Å²) in [4.78, 5) is 13.1. The number of benzene rings is 2. The highest BCUT2D eigenvalue weighted by atomic mass is 16.1. The minimum atomic E-state index is 0.127. The molecule has 0 unspecified atom stereocenters. The van der Waals surface area contributed by atoms with Gasteiger partial charge in [-0.3, -0.25) is 4.79 Å². The molecule has 1 amide bonds. The smallest absolute Gasteiger partial charge is 0.252 e. The minimum Gasteiger partial charge on any atom is -0.349 e. The summed E-state index contributed by atoms with van der Waals surface area (Å²) in [5.41, 5.74) is 3.68. The quantitative estimate of drug-likeness (QED) is 0.662. The molecule has 2 heteroatoms. The molecule has 0 bridgehead atoms. The van der Waals surface area contributed by atoms with Crippen LogP contribution in [0.5, 0.6) is 0 Å². The topological polar surface area (TPSA) is 29.1 Å². The number of carbonyl (C=O) groups excluding carboxylic acids is 1. The van der Waals surface area contributed by atoms with Crippen LogP contribution < -0.4 is 5.32 Å². The van der Waals surface area contributed by atoms with E-state index in [1.54, 1.807) is 0 Å². The molecule has 0 heterocycles. The Bertz CT molecular complexity index is 772. The van der Waals surface area contributed by atoms with Crippen molar-refractivity contribution in [3.63, 3.8) is 0 Å². The molecular formula is C25H33NO. The lowest BCUT2D eigenvalue weighted by Gasteiger charge is -2.20. The monoisotopic (exact) mass is 363 g/mol. The molecule has 2 aliphatic rings. The summed E-state index contributed by atoms with van der Waals surface area (Å²) in [5.74, 6) is 0.127. The molecule has 0 aliphatic heterocycles. The van der Waals surface area contributed by atoms with Crippen LogP contribution in [0.2, 0.25) is 0 Å². The van der Waals surface area contributed by atoms with Crippen LogP contribution in [0.25, 0.3) is 10.8 Å². The van der Waals surface area contributed by atoms with E-state index in [2.05, 4.69) is 35.6 Å². The van der Waals surface area contributed by atoms with Gasteiger partial charge in [-0.05, 0) is 53.6 Å². The molecule has 1 N–H and O–H groups in total. The SMILES string of the molecule is O=C(NC1CCCCCCCCCCC1)c1ccc2c3c(cccc13)CC2. The fourth-order valence-electron chi connectivity index (χ4n) is 5.02. The summed E-state index contributed by atoms with van der Waals surface area (Å²) < 4.78 is 0. The third kappa shape index (κ3) is 4.36. The predicted molar refractivity (Wildman–Crippen MR) is 113 cm³/mol. The maximum Gasteiger partial charge on any atom is 0.252 e. The zero-order valence-corrected chi connectivity index (χ0v) is 16.6. The second kappa shape index (κ2) is 8.91. The highest BCUT2D eigenvalue weighted by molar-refractivity contribution is 6.09. The van der Waals surface area contributed by atoms with Gasteiger partial charge < -0.3 is 5.32 Å². The molecule has 0 saturated heterocycles. The summed E-state index contributed by atoms with van der Waals surface area (Å²) in [5, 5.41) is 5.88. The van der Waals surface area contributed by atoms with Crippen LogP contribution in [0, 0.1) is 0 Å². The molecule has 2 aliphatic carbocycles. The van der Waals surface area contributed by atoms with Crippen LogP contribution in [-0.2, 0) is 12.8 Å². The molecule has 2 aromatic carbocycles. The normalized spacial score (nSPS) is 19.4. The summed E-state index contributed by atoms with van der Waals surface area (Å²) in [6.07, 6.45) is 16.5. The molecule has 0 spiro atoms. The van der Waals surface area contributed by atoms with Crippen molar-refractivity contribution in [1.29, 1.82) is 0 Å². The Morgan fingerprint density at radius 2 is 1.33 bits per heavy atom. The van der Waals surface area contributed by atoms with Crippen LogP contribution in [-0.4, -0.2) is 11.9 Å².